The first kappa shape index (κ1) is 23.8. The molecule has 2 aliphatic rings. The monoisotopic (exact) mass is 490 g/mol. The molecule has 1 saturated heterocycles. The van der Waals surface area contributed by atoms with E-state index in [1.807, 2.05) is 0 Å². The number of urea groups is 1. The number of benzene rings is 2. The Balaban J connectivity index is 1.57. The van der Waals surface area contributed by atoms with Crippen molar-refractivity contribution in [3.05, 3.63) is 58.1 Å². The molecule has 3 N–H and O–H groups in total. The summed E-state index contributed by atoms with van der Waals surface area (Å²) in [6.45, 7) is 4.54. The van der Waals surface area contributed by atoms with Gasteiger partial charge in [0.25, 0.3) is 11.6 Å². The van der Waals surface area contributed by atoms with E-state index in [2.05, 4.69) is 22.5 Å². The number of anilines is 2. The topological polar surface area (TPSA) is 84.9 Å². The maximum atomic E-state index is 13.4. The number of hydrogen-bond donors (Lipinski definition) is 3. The molecular weight excluding hydrogens is 463 g/mol. The molecule has 3 amide bonds. The van der Waals surface area contributed by atoms with Crippen molar-refractivity contribution in [2.75, 3.05) is 29.9 Å². The molecule has 4 rings (SSSR count). The normalized spacial score (nSPS) is 23.1. The first-order valence-electron chi connectivity index (χ1n) is 11.2. The lowest BCUT2D eigenvalue weighted by molar-refractivity contribution is -0.140. The van der Waals surface area contributed by atoms with Crippen LogP contribution in [0.5, 0.6) is 0 Å². The van der Waals surface area contributed by atoms with Crippen LogP contribution in [0.25, 0.3) is 0 Å². The summed E-state index contributed by atoms with van der Waals surface area (Å²) >= 11 is 12.2. The van der Waals surface area contributed by atoms with Crippen molar-refractivity contribution in [2.45, 2.75) is 44.4 Å². The van der Waals surface area contributed by atoms with Crippen molar-refractivity contribution in [1.82, 2.24) is 10.2 Å². The van der Waals surface area contributed by atoms with E-state index in [0.29, 0.717) is 23.3 Å². The van der Waals surface area contributed by atoms with E-state index >= 15 is 0 Å². The maximum Gasteiger partial charge on any atom is 0.329 e. The third-order valence-corrected chi connectivity index (χ3v) is 7.14. The highest BCUT2D eigenvalue weighted by atomic mass is 35.5. The van der Waals surface area contributed by atoms with Gasteiger partial charge in [-0.1, -0.05) is 47.8 Å². The lowest BCUT2D eigenvalue weighted by atomic mass is 9.94. The van der Waals surface area contributed by atoms with Gasteiger partial charge in [0, 0.05) is 24.7 Å². The summed E-state index contributed by atoms with van der Waals surface area (Å²) in [6.07, 6.45) is 4.39. The Bertz CT molecular complexity index is 1050. The van der Waals surface area contributed by atoms with Crippen molar-refractivity contribution in [2.24, 2.45) is 0 Å². The molecule has 0 unspecified atom stereocenters. The predicted octanol–water partition coefficient (Wildman–Crippen LogP) is 4.57. The minimum absolute atomic E-state index is 0.208. The van der Waals surface area contributed by atoms with E-state index < -0.39 is 17.7 Å². The number of carbonyl (C=O) groups is 2. The van der Waals surface area contributed by atoms with Crippen molar-refractivity contribution in [1.29, 1.82) is 0 Å². The van der Waals surface area contributed by atoms with Crippen LogP contribution in [0.2, 0.25) is 10.0 Å². The van der Waals surface area contributed by atoms with Crippen LogP contribution in [0.3, 0.4) is 0 Å². The van der Waals surface area contributed by atoms with Crippen molar-refractivity contribution in [3.63, 3.8) is 0 Å². The summed E-state index contributed by atoms with van der Waals surface area (Å²) in [5, 5.41) is 17.9. The second kappa shape index (κ2) is 9.89. The Labute approximate surface area is 203 Å². The van der Waals surface area contributed by atoms with Crippen LogP contribution < -0.4 is 15.5 Å². The van der Waals surface area contributed by atoms with Crippen molar-refractivity contribution < 1.29 is 14.7 Å². The first-order chi connectivity index (χ1) is 15.8. The number of nitrogens with one attached hydrogen (secondary N) is 2. The minimum atomic E-state index is -2.26. The molecule has 0 radical (unpaired) electrons. The zero-order valence-corrected chi connectivity index (χ0v) is 20.0. The van der Waals surface area contributed by atoms with E-state index in [0.717, 1.165) is 24.4 Å². The van der Waals surface area contributed by atoms with Gasteiger partial charge in [0.2, 0.25) is 0 Å². The number of nitrogens with zero attached hydrogens (tertiary/aromatic N) is 2. The highest BCUT2D eigenvalue weighted by molar-refractivity contribution is 6.42. The number of rotatable bonds is 6. The zero-order valence-electron chi connectivity index (χ0n) is 18.5. The number of piperidine rings is 1. The summed E-state index contributed by atoms with van der Waals surface area (Å²) in [5.41, 5.74) is -1.36. The van der Waals surface area contributed by atoms with Crippen LogP contribution in [0.1, 0.15) is 38.2 Å². The average molecular weight is 491 g/mol. The molecule has 176 valence electrons. The van der Waals surface area contributed by atoms with Gasteiger partial charge in [0.1, 0.15) is 0 Å². The Hall–Kier alpha value is -2.32. The second-order valence-corrected chi connectivity index (χ2v) is 9.39. The molecule has 33 heavy (non-hydrogen) atoms. The first-order valence-corrected chi connectivity index (χ1v) is 12.0. The number of hydrogen-bond acceptors (Lipinski definition) is 4. The average Bonchev–Trinajstić information content (AvgIpc) is 2.80. The summed E-state index contributed by atoms with van der Waals surface area (Å²) in [6, 6.07) is 11.1. The largest absolute Gasteiger partial charge is 0.359 e. The Kier molecular flexibility index (Phi) is 7.14. The standard InChI is InChI=1S/C24H28Cl2N4O3/c1-16-7-4-5-13-29(16)14-6-12-27-22(31)24(33)18-8-2-3-9-21(18)28-23(32)30(24)17-10-11-19(25)20(26)15-17/h2-3,8-11,15-16,33H,4-7,12-14H2,1H3,(H,27,31)(H,28,32)/t16-,24-/m1/s1. The van der Waals surface area contributed by atoms with Gasteiger partial charge >= 0.3 is 6.03 Å². The number of carbonyl (C=O) groups excluding carboxylic acids is 2. The van der Waals surface area contributed by atoms with E-state index in [-0.39, 0.29) is 16.3 Å². The Morgan fingerprint density at radius 3 is 2.76 bits per heavy atom. The number of halogens is 2. The maximum absolute atomic E-state index is 13.4. The molecule has 0 aromatic heterocycles. The van der Waals surface area contributed by atoms with Crippen LogP contribution in [-0.4, -0.2) is 47.6 Å². The van der Waals surface area contributed by atoms with Gasteiger partial charge in [-0.05, 0) is 57.0 Å². The molecule has 0 saturated carbocycles. The fourth-order valence-electron chi connectivity index (χ4n) is 4.58. The number of aliphatic hydroxyl groups is 1. The van der Waals surface area contributed by atoms with Crippen LogP contribution >= 0.6 is 23.2 Å². The molecule has 1 fully saturated rings. The second-order valence-electron chi connectivity index (χ2n) is 8.57. The molecule has 0 aliphatic carbocycles. The van der Waals surface area contributed by atoms with Gasteiger partial charge in [0.15, 0.2) is 0 Å². The summed E-state index contributed by atoms with van der Waals surface area (Å²) in [4.78, 5) is 29.9. The quantitative estimate of drug-likeness (QED) is 0.517. The third kappa shape index (κ3) is 4.68. The fraction of sp³-hybridized carbons (Fsp3) is 0.417. The summed E-state index contributed by atoms with van der Waals surface area (Å²) in [5.74, 6) is -0.678. The van der Waals surface area contributed by atoms with Gasteiger partial charge < -0.3 is 20.6 Å². The highest BCUT2D eigenvalue weighted by Crippen LogP contribution is 2.41. The van der Waals surface area contributed by atoms with Crippen molar-refractivity contribution >= 4 is 46.5 Å². The van der Waals surface area contributed by atoms with Crippen LogP contribution in [0.4, 0.5) is 16.2 Å². The Morgan fingerprint density at radius 2 is 2.00 bits per heavy atom. The summed E-state index contributed by atoms with van der Waals surface area (Å²) in [7, 11) is 0. The van der Waals surface area contributed by atoms with E-state index in [9.17, 15) is 14.7 Å². The van der Waals surface area contributed by atoms with Gasteiger partial charge in [-0.25, -0.2) is 4.79 Å². The lowest BCUT2D eigenvalue weighted by Crippen LogP contribution is -2.62. The van der Waals surface area contributed by atoms with Gasteiger partial charge in [0.05, 0.1) is 21.4 Å². The van der Waals surface area contributed by atoms with Gasteiger partial charge in [-0.15, -0.1) is 0 Å². The fourth-order valence-corrected chi connectivity index (χ4v) is 4.88. The smallest absolute Gasteiger partial charge is 0.329 e. The van der Waals surface area contributed by atoms with E-state index in [1.54, 1.807) is 24.3 Å². The molecule has 7 nitrogen and oxygen atoms in total. The molecule has 2 atom stereocenters. The number of amides is 3. The minimum Gasteiger partial charge on any atom is -0.359 e. The number of likely N-dealkylation sites (tertiary alicyclic amines) is 1. The number of para-hydroxylation sites is 1. The molecule has 0 bridgehead atoms. The molecule has 2 aromatic carbocycles. The van der Waals surface area contributed by atoms with Crippen LogP contribution in [0.15, 0.2) is 42.5 Å². The third-order valence-electron chi connectivity index (χ3n) is 6.40. The zero-order chi connectivity index (χ0) is 23.6. The molecule has 2 aromatic rings. The van der Waals surface area contributed by atoms with Gasteiger partial charge in [-0.2, -0.15) is 0 Å². The highest BCUT2D eigenvalue weighted by Gasteiger charge is 2.51. The summed E-state index contributed by atoms with van der Waals surface area (Å²) < 4.78 is 0. The lowest BCUT2D eigenvalue weighted by Gasteiger charge is -2.42. The molecule has 2 aliphatic heterocycles. The SMILES string of the molecule is C[C@@H]1CCCCN1CCCNC(=O)[C@]1(O)c2ccccc2NC(=O)N1c1ccc(Cl)c(Cl)c1. The van der Waals surface area contributed by atoms with E-state index in [4.69, 9.17) is 23.2 Å². The predicted molar refractivity (Wildman–Crippen MR) is 131 cm³/mol. The van der Waals surface area contributed by atoms with Crippen LogP contribution in [-0.2, 0) is 10.5 Å². The van der Waals surface area contributed by atoms with Crippen molar-refractivity contribution in [3.8, 4) is 0 Å². The van der Waals surface area contributed by atoms with Crippen LogP contribution in [0, 0.1) is 0 Å². The molecule has 2 heterocycles. The molecule has 9 heteroatoms. The number of fused-ring (bicyclic) bond motifs is 1. The molecule has 0 spiro atoms. The molecular formula is C24H28Cl2N4O3. The van der Waals surface area contributed by atoms with Gasteiger partial charge in [-0.3, -0.25) is 9.69 Å². The van der Waals surface area contributed by atoms with E-state index in [1.165, 1.54) is 37.5 Å². The Morgan fingerprint density at radius 1 is 1.21 bits per heavy atom.